The smallest absolute Gasteiger partial charge is 0.217 e. The highest BCUT2D eigenvalue weighted by Crippen LogP contribution is 2.40. The van der Waals surface area contributed by atoms with Gasteiger partial charge in [-0.15, -0.1) is 0 Å². The summed E-state index contributed by atoms with van der Waals surface area (Å²) in [4.78, 5) is 49.5. The van der Waals surface area contributed by atoms with E-state index in [2.05, 4.69) is 21.3 Å². The summed E-state index contributed by atoms with van der Waals surface area (Å²) in [5.74, 6) is -2.76. The van der Waals surface area contributed by atoms with Crippen molar-refractivity contribution in [3.8, 4) is 0 Å². The zero-order chi connectivity index (χ0) is 85.3. The predicted molar refractivity (Wildman–Crippen MR) is 356 cm³/mol. The Morgan fingerprint density at radius 2 is 0.543 bits per heavy atom. The van der Waals surface area contributed by atoms with E-state index in [0.29, 0.717) is 0 Å². The zero-order valence-electron chi connectivity index (χ0n) is 62.0. The monoisotopic (exact) mass is 1700 g/mol. The van der Waals surface area contributed by atoms with Crippen LogP contribution in [-0.4, -0.2) is 512 Å². The Morgan fingerprint density at radius 1 is 0.284 bits per heavy atom. The summed E-state index contributed by atoms with van der Waals surface area (Å²) in [6, 6.07) is -6.62. The maximum atomic E-state index is 12.9. The van der Waals surface area contributed by atoms with Crippen LogP contribution in [0.15, 0.2) is 0 Å². The van der Waals surface area contributed by atoms with Crippen molar-refractivity contribution in [1.29, 1.82) is 0 Å². The third-order valence-electron chi connectivity index (χ3n) is 20.9. The number of hydrogen-bond acceptors (Lipinski definition) is 48. The summed E-state index contributed by atoms with van der Waals surface area (Å²) < 4.78 is 104. The van der Waals surface area contributed by atoms with Gasteiger partial charge in [0.2, 0.25) is 24.1 Å². The Labute approximate surface area is 656 Å². The van der Waals surface area contributed by atoms with Gasteiger partial charge in [-0.25, -0.2) is 0 Å². The number of amides is 4. The van der Waals surface area contributed by atoms with Crippen molar-refractivity contribution >= 4 is 24.1 Å². The normalized spacial score (nSPS) is 47.9. The lowest BCUT2D eigenvalue weighted by Crippen LogP contribution is -2.71. The van der Waals surface area contributed by atoms with Crippen LogP contribution < -0.4 is 21.3 Å². The van der Waals surface area contributed by atoms with E-state index in [0.717, 1.165) is 20.8 Å². The van der Waals surface area contributed by atoms with Gasteiger partial charge in [-0.05, 0) is 0 Å². The second-order valence-corrected chi connectivity index (χ2v) is 28.9. The molecule has 0 unspecified atom stereocenters. The SMILES string of the molecule is CC(=O)N[C@H]1[C@H](O[C@H]2[C@@H](O)[C@@H](CO)O[C@@H](O[C@H]3[C@H](O)[C@@H](NC(C)=O)[C@H](O[C@H]4[C@@H](O)[C@@H](CO)O[C@@H](O[C@H]5[C@H](O)[C@@H](O)[C@H](OC[C@@H](CO)NC=O)O[C@@H]5CO)[C@@H]4O)O[C@@H]3CO)[C@@H]2O)O[C@H](CO)[C@@H](O[C@@H]2O[C@H](CO[C@@H]3O[C@H](CO)[C@@H](O[C@@H]4O[C@H](CO)[C@H](O)[C@H](O[C@H]5O[C@H](CO)[C@H](O)[C@H](O)[C@H]5O)[C@H]4O)[C@H](O)[C@H]3NC(C)=O)[C@H](O)[C@H](O)[C@H]2O)[C@@H]1O. The van der Waals surface area contributed by atoms with Crippen LogP contribution in [0, 0.1) is 0 Å². The molecule has 46 atom stereocenters. The van der Waals surface area contributed by atoms with Gasteiger partial charge < -0.3 is 239 Å². The molecule has 0 aromatic carbocycles. The number of rotatable bonds is 34. The number of aliphatic hydroxyl groups excluding tert-OH is 26. The largest absolute Gasteiger partial charge is 0.394 e. The maximum absolute atomic E-state index is 12.9. The molecule has 9 aliphatic heterocycles. The highest BCUT2D eigenvalue weighted by atomic mass is 16.8. The molecule has 9 saturated heterocycles. The van der Waals surface area contributed by atoms with Crippen LogP contribution in [0.3, 0.4) is 0 Å². The Morgan fingerprint density at radius 3 is 0.871 bits per heavy atom. The molecule has 0 aromatic heterocycles. The Kier molecular flexibility index (Phi) is 35.5. The van der Waals surface area contributed by atoms with Crippen LogP contribution in [0.2, 0.25) is 0 Å². The third-order valence-corrected chi connectivity index (χ3v) is 20.9. The van der Waals surface area contributed by atoms with Gasteiger partial charge in [0.15, 0.2) is 56.6 Å². The quantitative estimate of drug-likeness (QED) is 0.0266. The lowest BCUT2D eigenvalue weighted by atomic mass is 9.93. The second-order valence-electron chi connectivity index (χ2n) is 28.9. The second kappa shape index (κ2) is 43.0. The molecule has 0 saturated carbocycles. The minimum absolute atomic E-state index is 0.256. The molecule has 52 heteroatoms. The van der Waals surface area contributed by atoms with Crippen LogP contribution >= 0.6 is 0 Å². The first-order valence-electron chi connectivity index (χ1n) is 36.9. The number of nitrogens with one attached hydrogen (secondary N) is 4. The van der Waals surface area contributed by atoms with E-state index in [-0.39, 0.29) is 6.41 Å². The number of carbonyl (C=O) groups excluding carboxylic acids is 4. The molecule has 9 aliphatic rings. The number of hydrogen-bond donors (Lipinski definition) is 30. The average molecular weight is 1700 g/mol. The van der Waals surface area contributed by atoms with E-state index in [9.17, 15) is 152 Å². The highest BCUT2D eigenvalue weighted by molar-refractivity contribution is 5.74. The molecule has 9 rings (SSSR count). The molecule has 0 spiro atoms. The van der Waals surface area contributed by atoms with Crippen LogP contribution in [-0.2, 0) is 104 Å². The molecule has 4 amide bonds. The number of aliphatic hydroxyl groups is 26. The first kappa shape index (κ1) is 95.9. The Balaban J connectivity index is 0.861. The number of ether oxygens (including phenoxy) is 18. The summed E-state index contributed by atoms with van der Waals surface area (Å²) >= 11 is 0. The van der Waals surface area contributed by atoms with E-state index in [1.807, 2.05) is 0 Å². The fourth-order valence-corrected chi connectivity index (χ4v) is 14.7. The summed E-state index contributed by atoms with van der Waals surface area (Å²) in [5.41, 5.74) is 0. The van der Waals surface area contributed by atoms with Crippen molar-refractivity contribution in [2.45, 2.75) is 303 Å². The van der Waals surface area contributed by atoms with Gasteiger partial charge in [0.25, 0.3) is 0 Å². The molecule has 30 N–H and O–H groups in total. The molecule has 9 fully saturated rings. The van der Waals surface area contributed by atoms with Crippen molar-refractivity contribution < 1.29 is 237 Å². The van der Waals surface area contributed by atoms with Crippen LogP contribution in [0.25, 0.3) is 0 Å². The fourth-order valence-electron chi connectivity index (χ4n) is 14.7. The van der Waals surface area contributed by atoms with Gasteiger partial charge in [0, 0.05) is 20.8 Å². The van der Waals surface area contributed by atoms with Gasteiger partial charge >= 0.3 is 0 Å². The third kappa shape index (κ3) is 21.5. The first-order valence-corrected chi connectivity index (χ1v) is 36.9. The van der Waals surface area contributed by atoms with Gasteiger partial charge in [0.05, 0.1) is 78.7 Å². The van der Waals surface area contributed by atoms with E-state index in [1.54, 1.807) is 0 Å². The topological polar surface area (TPSA) is 809 Å². The minimum Gasteiger partial charge on any atom is -0.394 e. The van der Waals surface area contributed by atoms with Crippen LogP contribution in [0.5, 0.6) is 0 Å². The lowest BCUT2D eigenvalue weighted by molar-refractivity contribution is -0.387. The van der Waals surface area contributed by atoms with Crippen molar-refractivity contribution in [1.82, 2.24) is 21.3 Å². The lowest BCUT2D eigenvalue weighted by Gasteiger charge is -2.51. The maximum Gasteiger partial charge on any atom is 0.217 e. The first-order chi connectivity index (χ1) is 55.1. The van der Waals surface area contributed by atoms with E-state index < -0.39 is 373 Å². The van der Waals surface area contributed by atoms with Crippen molar-refractivity contribution in [3.05, 3.63) is 0 Å². The molecule has 0 aromatic rings. The van der Waals surface area contributed by atoms with Crippen molar-refractivity contribution in [2.75, 3.05) is 72.7 Å². The molecule has 0 aliphatic carbocycles. The Bertz CT molecular complexity index is 3030. The van der Waals surface area contributed by atoms with E-state index in [4.69, 9.17) is 85.3 Å². The average Bonchev–Trinajstić information content (AvgIpc) is 0.768. The van der Waals surface area contributed by atoms with Gasteiger partial charge in [-0.1, -0.05) is 0 Å². The summed E-state index contributed by atoms with van der Waals surface area (Å²) in [6.07, 6.45) is -83.8. The Hall–Kier alpha value is -3.88. The molecular weight excluding hydrogens is 1590 g/mol. The summed E-state index contributed by atoms with van der Waals surface area (Å²) in [5, 5.41) is 295. The molecule has 0 bridgehead atoms. The minimum atomic E-state index is -2.36. The van der Waals surface area contributed by atoms with E-state index in [1.165, 1.54) is 0 Å². The van der Waals surface area contributed by atoms with Crippen molar-refractivity contribution in [2.24, 2.45) is 0 Å². The standard InChI is InChI=1S/C64H108N4O48/c1-16(79)66-29-37(87)49(111-63-48(98)55(36(86)23(8-73)103-63)116-60-43(93)40(90)32(82)20(5-70)101-60)24(9-74)105-56(29)100-14-28-33(83)41(91)44(94)61(109-28)110-50-25(10-75)106-57(30(38(50)88)67-17(2)80)114-53-34(84)21(6-71)102-62(46(53)96)112-51-26(11-76)107-58(31(39(51)89)68-18(3)81)115-54-35(85)22(7-72)104-64(47(54)97)113-52-27(12-77)108-59(45(95)42(52)92)99-13-19(4-69)65-15-78/h15,19-64,69-77,82-98H,4-14H2,1-3H3,(H,65,78)(H,66,79)(H,67,80)(H,68,81)/t19-,20-,21-,22-,23-,24-,25-,26-,27-,28-,29-,30-,31-,32+,33+,34+,35+,36+,37-,38-,39-,40+,41+,42-,43-,44-,45-,46-,47-,48-,49-,50-,51-,52-,53+,54+,55+,56-,57+,58+,59-,60-,61+,62+,63+,64+/m1/s1. The van der Waals surface area contributed by atoms with Gasteiger partial charge in [-0.2, -0.15) is 0 Å². The summed E-state index contributed by atoms with van der Waals surface area (Å²) in [7, 11) is 0. The number of carbonyl (C=O) groups is 4. The van der Waals surface area contributed by atoms with Crippen LogP contribution in [0.1, 0.15) is 20.8 Å². The molecule has 52 nitrogen and oxygen atoms in total. The fraction of sp³-hybridized carbons (Fsp3) is 0.938. The molecule has 0 radical (unpaired) electrons. The molecule has 672 valence electrons. The molecular formula is C64H108N4O48. The van der Waals surface area contributed by atoms with Gasteiger partial charge in [-0.3, -0.25) is 19.2 Å². The van der Waals surface area contributed by atoms with Crippen molar-refractivity contribution in [3.63, 3.8) is 0 Å². The summed E-state index contributed by atoms with van der Waals surface area (Å²) in [6.45, 7) is -7.65. The molecule has 116 heavy (non-hydrogen) atoms. The van der Waals surface area contributed by atoms with E-state index >= 15 is 0 Å². The molecule has 9 heterocycles. The zero-order valence-corrected chi connectivity index (χ0v) is 62.0. The van der Waals surface area contributed by atoms with Gasteiger partial charge in [0.1, 0.15) is 220 Å². The predicted octanol–water partition coefficient (Wildman–Crippen LogP) is -21.1. The van der Waals surface area contributed by atoms with Crippen LogP contribution in [0.4, 0.5) is 0 Å². The highest BCUT2D eigenvalue weighted by Gasteiger charge is 2.61.